The number of carbonyl (C=O) groups excluding carboxylic acids is 1. The number of hydrogen-bond donors (Lipinski definition) is 3. The van der Waals surface area contributed by atoms with E-state index in [1.165, 1.54) is 11.4 Å². The molecule has 21 heavy (non-hydrogen) atoms. The highest BCUT2D eigenvalue weighted by Crippen LogP contribution is 2.23. The number of carboxylic acid groups (broad SMARTS) is 1. The molecule has 0 aromatic heterocycles. The molecule has 122 valence electrons. The molecule has 1 atom stereocenters. The second-order valence-corrected chi connectivity index (χ2v) is 7.09. The third-order valence-corrected chi connectivity index (χ3v) is 5.38. The van der Waals surface area contributed by atoms with Crippen LogP contribution >= 0.6 is 0 Å². The number of amides is 1. The molecule has 0 aromatic rings. The number of hydrogen-bond acceptors (Lipinski definition) is 4. The van der Waals surface area contributed by atoms with Gasteiger partial charge in [-0.05, 0) is 19.3 Å². The van der Waals surface area contributed by atoms with Gasteiger partial charge in [-0.25, -0.2) is 0 Å². The van der Waals surface area contributed by atoms with Gasteiger partial charge in [0, 0.05) is 19.5 Å². The maximum Gasteiger partial charge on any atom is 0.321 e. The first-order valence-corrected chi connectivity index (χ1v) is 8.44. The zero-order valence-corrected chi connectivity index (χ0v) is 12.9. The molecule has 1 saturated carbocycles. The highest BCUT2D eigenvalue weighted by Gasteiger charge is 2.31. The van der Waals surface area contributed by atoms with Crippen molar-refractivity contribution < 1.29 is 23.1 Å². The third kappa shape index (κ3) is 5.60. The van der Waals surface area contributed by atoms with Crippen LogP contribution in [0.5, 0.6) is 0 Å². The van der Waals surface area contributed by atoms with Gasteiger partial charge in [-0.1, -0.05) is 19.3 Å². The van der Waals surface area contributed by atoms with Crippen molar-refractivity contribution in [1.29, 1.82) is 0 Å². The fourth-order valence-electron chi connectivity index (χ4n) is 2.42. The zero-order chi connectivity index (χ0) is 16.0. The van der Waals surface area contributed by atoms with Crippen LogP contribution in [0.4, 0.5) is 0 Å². The van der Waals surface area contributed by atoms with Crippen LogP contribution < -0.4 is 10.5 Å². The first kappa shape index (κ1) is 17.9. The van der Waals surface area contributed by atoms with Crippen molar-refractivity contribution >= 4 is 22.1 Å². The van der Waals surface area contributed by atoms with Gasteiger partial charge >= 0.3 is 5.97 Å². The number of carbonyl (C=O) groups is 2. The average molecular weight is 321 g/mol. The number of aliphatic carboxylic acids is 1. The molecule has 0 radical (unpaired) electrons. The Morgan fingerprint density at radius 1 is 1.33 bits per heavy atom. The van der Waals surface area contributed by atoms with E-state index in [4.69, 9.17) is 10.8 Å². The monoisotopic (exact) mass is 321 g/mol. The fourth-order valence-corrected chi connectivity index (χ4v) is 3.77. The summed E-state index contributed by atoms with van der Waals surface area (Å²) in [7, 11) is -2.45. The lowest BCUT2D eigenvalue weighted by Crippen LogP contribution is -2.50. The highest BCUT2D eigenvalue weighted by atomic mass is 32.2. The first-order valence-electron chi connectivity index (χ1n) is 7.00. The SMILES string of the molecule is CN(C1CCCCC1)S(=O)(=O)NC(CCC(N)=O)C(=O)O. The number of rotatable bonds is 8. The zero-order valence-electron chi connectivity index (χ0n) is 12.1. The van der Waals surface area contributed by atoms with Gasteiger partial charge in [-0.2, -0.15) is 17.4 Å². The van der Waals surface area contributed by atoms with Crippen molar-refractivity contribution in [1.82, 2.24) is 9.03 Å². The predicted octanol–water partition coefficient (Wildman–Crippen LogP) is -0.196. The number of carboxylic acids is 1. The molecule has 0 aromatic carbocycles. The van der Waals surface area contributed by atoms with Gasteiger partial charge in [-0.15, -0.1) is 0 Å². The second kappa shape index (κ2) is 7.71. The Hall–Kier alpha value is -1.19. The Bertz CT molecular complexity index is 473. The predicted molar refractivity (Wildman–Crippen MR) is 76.5 cm³/mol. The normalized spacial score (nSPS) is 18.6. The minimum atomic E-state index is -3.90. The molecule has 0 heterocycles. The quantitative estimate of drug-likeness (QED) is 0.570. The van der Waals surface area contributed by atoms with Crippen LogP contribution in [0, 0.1) is 0 Å². The molecule has 9 heteroatoms. The summed E-state index contributed by atoms with van der Waals surface area (Å²) < 4.78 is 27.8. The van der Waals surface area contributed by atoms with Gasteiger partial charge in [0.2, 0.25) is 5.91 Å². The smallest absolute Gasteiger partial charge is 0.321 e. The van der Waals surface area contributed by atoms with E-state index in [0.717, 1.165) is 32.1 Å². The van der Waals surface area contributed by atoms with Gasteiger partial charge < -0.3 is 10.8 Å². The van der Waals surface area contributed by atoms with Gasteiger partial charge in [0.15, 0.2) is 0 Å². The molecule has 1 amide bonds. The maximum absolute atomic E-state index is 12.2. The standard InChI is InChI=1S/C12H23N3O5S/c1-15(9-5-3-2-4-6-9)21(19,20)14-10(12(17)18)7-8-11(13)16/h9-10,14H,2-8H2,1H3,(H2,13,16)(H,17,18). The number of primary amides is 1. The van der Waals surface area contributed by atoms with Gasteiger partial charge in [-0.3, -0.25) is 9.59 Å². The molecule has 0 saturated heterocycles. The summed E-state index contributed by atoms with van der Waals surface area (Å²) in [5.41, 5.74) is 4.96. The van der Waals surface area contributed by atoms with E-state index in [1.54, 1.807) is 0 Å². The lowest BCUT2D eigenvalue weighted by Gasteiger charge is -2.31. The van der Waals surface area contributed by atoms with Crippen molar-refractivity contribution in [2.45, 2.75) is 57.0 Å². The van der Waals surface area contributed by atoms with Crippen LogP contribution in [0.3, 0.4) is 0 Å². The van der Waals surface area contributed by atoms with Crippen LogP contribution in [0.25, 0.3) is 0 Å². The third-order valence-electron chi connectivity index (χ3n) is 3.74. The first-order chi connectivity index (χ1) is 9.74. The molecule has 1 rings (SSSR count). The minimum absolute atomic E-state index is 0.109. The Balaban J connectivity index is 2.70. The summed E-state index contributed by atoms with van der Waals surface area (Å²) in [6.07, 6.45) is 4.22. The number of nitrogens with zero attached hydrogens (tertiary/aromatic N) is 1. The molecule has 4 N–H and O–H groups in total. The molecule has 1 unspecified atom stereocenters. The summed E-state index contributed by atoms with van der Waals surface area (Å²) in [6.45, 7) is 0. The highest BCUT2D eigenvalue weighted by molar-refractivity contribution is 7.87. The van der Waals surface area contributed by atoms with Crippen molar-refractivity contribution in [3.63, 3.8) is 0 Å². The lowest BCUT2D eigenvalue weighted by atomic mass is 9.96. The molecule has 0 spiro atoms. The Morgan fingerprint density at radius 3 is 2.38 bits per heavy atom. The van der Waals surface area contributed by atoms with E-state index in [-0.39, 0.29) is 18.9 Å². The molecule has 0 aliphatic heterocycles. The van der Waals surface area contributed by atoms with Crippen LogP contribution in [0.1, 0.15) is 44.9 Å². The summed E-state index contributed by atoms with van der Waals surface area (Å²) >= 11 is 0. The molecule has 1 aliphatic rings. The lowest BCUT2D eigenvalue weighted by molar-refractivity contribution is -0.139. The Morgan fingerprint density at radius 2 is 1.90 bits per heavy atom. The van der Waals surface area contributed by atoms with E-state index in [2.05, 4.69) is 4.72 Å². The molecule has 1 fully saturated rings. The number of nitrogens with two attached hydrogens (primary N) is 1. The Kier molecular flexibility index (Phi) is 6.56. The van der Waals surface area contributed by atoms with E-state index in [9.17, 15) is 18.0 Å². The molecule has 1 aliphatic carbocycles. The van der Waals surface area contributed by atoms with Crippen LogP contribution in [0.2, 0.25) is 0 Å². The average Bonchev–Trinajstić information content (AvgIpc) is 2.43. The van der Waals surface area contributed by atoms with Crippen molar-refractivity contribution in [3.8, 4) is 0 Å². The van der Waals surface area contributed by atoms with Crippen molar-refractivity contribution in [2.24, 2.45) is 5.73 Å². The van der Waals surface area contributed by atoms with Gasteiger partial charge in [0.1, 0.15) is 6.04 Å². The van der Waals surface area contributed by atoms with Crippen molar-refractivity contribution in [2.75, 3.05) is 7.05 Å². The molecular formula is C12H23N3O5S. The molecular weight excluding hydrogens is 298 g/mol. The van der Waals surface area contributed by atoms with Crippen LogP contribution in [0.15, 0.2) is 0 Å². The maximum atomic E-state index is 12.2. The van der Waals surface area contributed by atoms with Crippen molar-refractivity contribution in [3.05, 3.63) is 0 Å². The largest absolute Gasteiger partial charge is 0.480 e. The minimum Gasteiger partial charge on any atom is -0.480 e. The van der Waals surface area contributed by atoms with Crippen LogP contribution in [-0.2, 0) is 19.8 Å². The van der Waals surface area contributed by atoms with E-state index < -0.39 is 28.1 Å². The van der Waals surface area contributed by atoms with Crippen LogP contribution in [-0.4, -0.2) is 48.8 Å². The van der Waals surface area contributed by atoms with Gasteiger partial charge in [0.25, 0.3) is 10.2 Å². The topological polar surface area (TPSA) is 130 Å². The summed E-state index contributed by atoms with van der Waals surface area (Å²) in [4.78, 5) is 21.8. The van der Waals surface area contributed by atoms with E-state index in [1.807, 2.05) is 0 Å². The molecule has 8 nitrogen and oxygen atoms in total. The summed E-state index contributed by atoms with van der Waals surface area (Å²) in [5.74, 6) is -1.99. The van der Waals surface area contributed by atoms with E-state index in [0.29, 0.717) is 0 Å². The fraction of sp³-hybridized carbons (Fsp3) is 0.833. The van der Waals surface area contributed by atoms with Gasteiger partial charge in [0.05, 0.1) is 0 Å². The summed E-state index contributed by atoms with van der Waals surface area (Å²) in [6, 6.07) is -1.46. The Labute approximate surface area is 124 Å². The number of nitrogens with one attached hydrogen (secondary N) is 1. The molecule has 0 bridgehead atoms. The summed E-state index contributed by atoms with van der Waals surface area (Å²) in [5, 5.41) is 9.04. The second-order valence-electron chi connectivity index (χ2n) is 5.33. The van der Waals surface area contributed by atoms with E-state index >= 15 is 0 Å².